The first kappa shape index (κ1) is 14.2. The molecule has 0 aromatic carbocycles. The Balaban J connectivity index is 1.77. The molecule has 2 amide bonds. The number of hydrogen-bond acceptors (Lipinski definition) is 3. The van der Waals surface area contributed by atoms with Crippen LogP contribution in [0, 0.1) is 5.92 Å². The Labute approximate surface area is 125 Å². The number of carbonyl (C=O) groups excluding carboxylic acids is 2. The Kier molecular flexibility index (Phi) is 3.98. The highest BCUT2D eigenvalue weighted by Crippen LogP contribution is 2.37. The Hall–Kier alpha value is -0.710. The molecule has 0 aromatic heterocycles. The van der Waals surface area contributed by atoms with Crippen LogP contribution < -0.4 is 5.32 Å². The summed E-state index contributed by atoms with van der Waals surface area (Å²) < 4.78 is 0. The van der Waals surface area contributed by atoms with Crippen molar-refractivity contribution in [2.45, 2.75) is 68.8 Å². The molecular formula is C15H24N2O2S. The maximum absolute atomic E-state index is 12.8. The van der Waals surface area contributed by atoms with Crippen molar-refractivity contribution in [2.75, 3.05) is 6.26 Å². The third-order valence-electron chi connectivity index (χ3n) is 5.03. The molecule has 4 unspecified atom stereocenters. The summed E-state index contributed by atoms with van der Waals surface area (Å²) in [6, 6.07) is -0.285. The van der Waals surface area contributed by atoms with Crippen LogP contribution in [0.2, 0.25) is 0 Å². The Morgan fingerprint density at radius 2 is 1.95 bits per heavy atom. The van der Waals surface area contributed by atoms with Gasteiger partial charge in [0.1, 0.15) is 12.1 Å². The molecule has 3 rings (SSSR count). The number of hydrogen-bond donors (Lipinski definition) is 1. The van der Waals surface area contributed by atoms with Crippen LogP contribution in [0.1, 0.15) is 45.4 Å². The van der Waals surface area contributed by atoms with E-state index in [-0.39, 0.29) is 29.9 Å². The van der Waals surface area contributed by atoms with Crippen molar-refractivity contribution < 1.29 is 9.59 Å². The van der Waals surface area contributed by atoms with Crippen LogP contribution in [0.3, 0.4) is 0 Å². The lowest BCUT2D eigenvalue weighted by Crippen LogP contribution is -2.66. The van der Waals surface area contributed by atoms with Gasteiger partial charge in [0.2, 0.25) is 11.8 Å². The second-order valence-electron chi connectivity index (χ2n) is 6.42. The highest BCUT2D eigenvalue weighted by atomic mass is 32.2. The second kappa shape index (κ2) is 5.58. The summed E-state index contributed by atoms with van der Waals surface area (Å²) in [6.07, 6.45) is 8.82. The molecule has 1 heterocycles. The first-order chi connectivity index (χ1) is 9.61. The van der Waals surface area contributed by atoms with Crippen LogP contribution in [0.4, 0.5) is 0 Å². The van der Waals surface area contributed by atoms with E-state index in [0.717, 1.165) is 25.7 Å². The van der Waals surface area contributed by atoms with Crippen molar-refractivity contribution in [3.63, 3.8) is 0 Å². The first-order valence-corrected chi connectivity index (χ1v) is 9.06. The third-order valence-corrected chi connectivity index (χ3v) is 6.13. The molecule has 1 aliphatic heterocycles. The smallest absolute Gasteiger partial charge is 0.246 e. The summed E-state index contributed by atoms with van der Waals surface area (Å²) in [5, 5.41) is 3.57. The van der Waals surface area contributed by atoms with Gasteiger partial charge in [-0.15, -0.1) is 0 Å². The van der Waals surface area contributed by atoms with Gasteiger partial charge in [-0.05, 0) is 51.2 Å². The lowest BCUT2D eigenvalue weighted by molar-refractivity contribution is -0.152. The van der Waals surface area contributed by atoms with E-state index in [1.807, 2.05) is 23.6 Å². The van der Waals surface area contributed by atoms with E-state index in [0.29, 0.717) is 11.2 Å². The van der Waals surface area contributed by atoms with E-state index in [2.05, 4.69) is 11.6 Å². The van der Waals surface area contributed by atoms with Crippen LogP contribution in [0.25, 0.3) is 0 Å². The maximum Gasteiger partial charge on any atom is 0.246 e. The quantitative estimate of drug-likeness (QED) is 0.864. The van der Waals surface area contributed by atoms with Gasteiger partial charge in [-0.25, -0.2) is 0 Å². The molecule has 3 fully saturated rings. The largest absolute Gasteiger partial charge is 0.342 e. The number of piperazine rings is 1. The predicted octanol–water partition coefficient (Wildman–Crippen LogP) is 1.79. The summed E-state index contributed by atoms with van der Waals surface area (Å²) >= 11 is 1.90. The molecule has 1 saturated heterocycles. The highest BCUT2D eigenvalue weighted by Gasteiger charge is 2.47. The molecular weight excluding hydrogens is 272 g/mol. The van der Waals surface area contributed by atoms with E-state index in [1.54, 1.807) is 0 Å². The Morgan fingerprint density at radius 3 is 2.60 bits per heavy atom. The summed E-state index contributed by atoms with van der Waals surface area (Å²) in [6.45, 7) is 1.87. The Morgan fingerprint density at radius 1 is 1.20 bits per heavy atom. The SMILES string of the molecule is CSC1CCCC(N2C(=O)C(C3CC3)NC(=O)C2C)C1. The van der Waals surface area contributed by atoms with Gasteiger partial charge in [0.15, 0.2) is 0 Å². The minimum atomic E-state index is -0.303. The number of carbonyl (C=O) groups is 2. The molecule has 0 bridgehead atoms. The van der Waals surface area contributed by atoms with Gasteiger partial charge in [-0.1, -0.05) is 6.42 Å². The average molecular weight is 296 g/mol. The fourth-order valence-electron chi connectivity index (χ4n) is 3.65. The molecule has 0 aromatic rings. The molecule has 2 aliphatic carbocycles. The molecule has 20 heavy (non-hydrogen) atoms. The Bertz CT molecular complexity index is 411. The number of nitrogens with zero attached hydrogens (tertiary/aromatic N) is 1. The monoisotopic (exact) mass is 296 g/mol. The molecule has 4 nitrogen and oxygen atoms in total. The van der Waals surface area contributed by atoms with Crippen molar-refractivity contribution in [3.8, 4) is 0 Å². The van der Waals surface area contributed by atoms with Crippen molar-refractivity contribution in [1.82, 2.24) is 10.2 Å². The van der Waals surface area contributed by atoms with Crippen LogP contribution in [0.15, 0.2) is 0 Å². The minimum absolute atomic E-state index is 0.0350. The summed E-state index contributed by atoms with van der Waals surface area (Å²) in [7, 11) is 0. The van der Waals surface area contributed by atoms with Crippen molar-refractivity contribution in [1.29, 1.82) is 0 Å². The van der Waals surface area contributed by atoms with Crippen LogP contribution in [0.5, 0.6) is 0 Å². The summed E-state index contributed by atoms with van der Waals surface area (Å²) in [5.74, 6) is 0.598. The van der Waals surface area contributed by atoms with Crippen LogP contribution in [-0.4, -0.2) is 46.3 Å². The number of nitrogens with one attached hydrogen (secondary N) is 1. The van der Waals surface area contributed by atoms with Gasteiger partial charge in [0.05, 0.1) is 0 Å². The average Bonchev–Trinajstić information content (AvgIpc) is 3.28. The van der Waals surface area contributed by atoms with Crippen LogP contribution in [-0.2, 0) is 9.59 Å². The minimum Gasteiger partial charge on any atom is -0.342 e. The van der Waals surface area contributed by atoms with Gasteiger partial charge >= 0.3 is 0 Å². The molecule has 112 valence electrons. The molecule has 1 N–H and O–H groups in total. The van der Waals surface area contributed by atoms with Gasteiger partial charge < -0.3 is 10.2 Å². The maximum atomic E-state index is 12.8. The number of rotatable bonds is 3. The second-order valence-corrected chi connectivity index (χ2v) is 7.56. The first-order valence-electron chi connectivity index (χ1n) is 7.77. The zero-order valence-corrected chi connectivity index (χ0v) is 13.1. The predicted molar refractivity (Wildman–Crippen MR) is 80.5 cm³/mol. The normalized spacial score (nSPS) is 38.8. The van der Waals surface area contributed by atoms with Crippen LogP contribution >= 0.6 is 11.8 Å². The zero-order chi connectivity index (χ0) is 14.3. The van der Waals surface area contributed by atoms with Crippen molar-refractivity contribution in [2.24, 2.45) is 5.92 Å². The fraction of sp³-hybridized carbons (Fsp3) is 0.867. The van der Waals surface area contributed by atoms with E-state index in [1.165, 1.54) is 12.8 Å². The molecule has 2 saturated carbocycles. The lowest BCUT2D eigenvalue weighted by atomic mass is 9.90. The van der Waals surface area contributed by atoms with Crippen molar-refractivity contribution in [3.05, 3.63) is 0 Å². The van der Waals surface area contributed by atoms with Gasteiger partial charge in [0, 0.05) is 11.3 Å². The molecule has 4 atom stereocenters. The fourth-order valence-corrected chi connectivity index (χ4v) is 4.46. The van der Waals surface area contributed by atoms with Gasteiger partial charge in [0.25, 0.3) is 0 Å². The summed E-state index contributed by atoms with van der Waals surface area (Å²) in [4.78, 5) is 26.9. The van der Waals surface area contributed by atoms with Gasteiger partial charge in [-0.3, -0.25) is 9.59 Å². The van der Waals surface area contributed by atoms with E-state index >= 15 is 0 Å². The number of amides is 2. The molecule has 0 radical (unpaired) electrons. The van der Waals surface area contributed by atoms with E-state index in [4.69, 9.17) is 0 Å². The lowest BCUT2D eigenvalue weighted by Gasteiger charge is -2.44. The van der Waals surface area contributed by atoms with E-state index < -0.39 is 0 Å². The summed E-state index contributed by atoms with van der Waals surface area (Å²) in [5.41, 5.74) is 0. The highest BCUT2D eigenvalue weighted by molar-refractivity contribution is 7.99. The van der Waals surface area contributed by atoms with E-state index in [9.17, 15) is 9.59 Å². The number of thioether (sulfide) groups is 1. The molecule has 0 spiro atoms. The topological polar surface area (TPSA) is 49.4 Å². The zero-order valence-electron chi connectivity index (χ0n) is 12.3. The van der Waals surface area contributed by atoms with Gasteiger partial charge in [-0.2, -0.15) is 11.8 Å². The standard InChI is InChI=1S/C15H24N2O2S/c1-9-14(18)16-13(10-6-7-10)15(19)17(9)11-4-3-5-12(8-11)20-2/h9-13H,3-8H2,1-2H3,(H,16,18). The third kappa shape index (κ3) is 2.57. The van der Waals surface area contributed by atoms with Crippen molar-refractivity contribution >= 4 is 23.6 Å². The molecule has 5 heteroatoms. The molecule has 3 aliphatic rings.